The number of hydrogen-bond acceptors (Lipinski definition) is 4. The van der Waals surface area contributed by atoms with Gasteiger partial charge in [-0.05, 0) is 13.5 Å². The molecule has 1 heterocycles. The van der Waals surface area contributed by atoms with Gasteiger partial charge in [0.1, 0.15) is 11.1 Å². The highest BCUT2D eigenvalue weighted by Crippen LogP contribution is 2.17. The lowest BCUT2D eigenvalue weighted by Gasteiger charge is -1.95. The monoisotopic (exact) mass is 172 g/mol. The number of nitrogens with two attached hydrogens (primary N) is 1. The van der Waals surface area contributed by atoms with Gasteiger partial charge in [0.2, 0.25) is 0 Å². The molecule has 4 heteroatoms. The van der Waals surface area contributed by atoms with Crippen LogP contribution in [0.15, 0.2) is 5.38 Å². The molecule has 0 saturated heterocycles. The molecule has 3 nitrogen and oxygen atoms in total. The van der Waals surface area contributed by atoms with E-state index in [9.17, 15) is 0 Å². The topological polar surface area (TPSA) is 59.1 Å². The number of nitrogens with zero attached hydrogens (tertiary/aromatic N) is 1. The summed E-state index contributed by atoms with van der Waals surface area (Å²) in [5.41, 5.74) is 6.33. The summed E-state index contributed by atoms with van der Waals surface area (Å²) in [6.45, 7) is 2.33. The molecule has 0 fully saturated rings. The summed E-state index contributed by atoms with van der Waals surface area (Å²) in [5, 5.41) is 11.8. The van der Waals surface area contributed by atoms with Crippen molar-refractivity contribution in [2.24, 2.45) is 5.73 Å². The first-order valence-corrected chi connectivity index (χ1v) is 4.44. The molecule has 0 aliphatic carbocycles. The van der Waals surface area contributed by atoms with Crippen LogP contribution in [0.2, 0.25) is 0 Å². The first kappa shape index (κ1) is 8.64. The molecule has 11 heavy (non-hydrogen) atoms. The lowest BCUT2D eigenvalue weighted by Crippen LogP contribution is -2.03. The maximum absolute atomic E-state index is 9.12. The van der Waals surface area contributed by atoms with E-state index in [-0.39, 0.29) is 0 Å². The van der Waals surface area contributed by atoms with Crippen LogP contribution < -0.4 is 5.73 Å². The Balaban J connectivity index is 2.66. The van der Waals surface area contributed by atoms with Crippen LogP contribution in [-0.2, 0) is 6.42 Å². The van der Waals surface area contributed by atoms with Crippen molar-refractivity contribution in [1.82, 2.24) is 4.98 Å². The SMILES string of the molecule is CC(O)c1nc(CCN)cs1. The third kappa shape index (κ3) is 2.25. The van der Waals surface area contributed by atoms with Gasteiger partial charge in [0.25, 0.3) is 0 Å². The average Bonchev–Trinajstić information content (AvgIpc) is 2.37. The lowest BCUT2D eigenvalue weighted by molar-refractivity contribution is 0.198. The van der Waals surface area contributed by atoms with E-state index in [2.05, 4.69) is 4.98 Å². The fraction of sp³-hybridized carbons (Fsp3) is 0.571. The molecule has 0 saturated carbocycles. The average molecular weight is 172 g/mol. The number of rotatable bonds is 3. The highest BCUT2D eigenvalue weighted by molar-refractivity contribution is 7.09. The van der Waals surface area contributed by atoms with E-state index in [1.165, 1.54) is 11.3 Å². The summed E-state index contributed by atoms with van der Waals surface area (Å²) >= 11 is 1.48. The molecule has 1 aromatic heterocycles. The molecule has 0 amide bonds. The van der Waals surface area contributed by atoms with Crippen LogP contribution in [0, 0.1) is 0 Å². The Hall–Kier alpha value is -0.450. The molecule has 3 N–H and O–H groups in total. The van der Waals surface area contributed by atoms with Gasteiger partial charge < -0.3 is 10.8 Å². The highest BCUT2D eigenvalue weighted by atomic mass is 32.1. The summed E-state index contributed by atoms with van der Waals surface area (Å²) in [7, 11) is 0. The molecular formula is C7H12N2OS. The Bertz CT molecular complexity index is 222. The molecular weight excluding hydrogens is 160 g/mol. The molecule has 0 spiro atoms. The van der Waals surface area contributed by atoms with E-state index >= 15 is 0 Å². The third-order valence-corrected chi connectivity index (χ3v) is 2.39. The van der Waals surface area contributed by atoms with Crippen molar-refractivity contribution in [2.75, 3.05) is 6.54 Å². The molecule has 0 aliphatic heterocycles. The number of aliphatic hydroxyl groups excluding tert-OH is 1. The zero-order valence-electron chi connectivity index (χ0n) is 6.45. The fourth-order valence-corrected chi connectivity index (χ4v) is 1.57. The standard InChI is InChI=1S/C7H12N2OS/c1-5(10)7-9-6(2-3-8)4-11-7/h4-5,10H,2-3,8H2,1H3. The van der Waals surface area contributed by atoms with Crippen molar-refractivity contribution in [3.63, 3.8) is 0 Å². The number of thiazole rings is 1. The first-order chi connectivity index (χ1) is 5.24. The van der Waals surface area contributed by atoms with Crippen molar-refractivity contribution in [3.05, 3.63) is 16.1 Å². The third-order valence-electron chi connectivity index (χ3n) is 1.33. The zero-order chi connectivity index (χ0) is 8.27. The number of hydrogen-bond donors (Lipinski definition) is 2. The van der Waals surface area contributed by atoms with Crippen LogP contribution in [0.3, 0.4) is 0 Å². The second kappa shape index (κ2) is 3.80. The smallest absolute Gasteiger partial charge is 0.121 e. The Labute approximate surface area is 69.9 Å². The van der Waals surface area contributed by atoms with E-state index in [4.69, 9.17) is 10.8 Å². The molecule has 1 rings (SSSR count). The van der Waals surface area contributed by atoms with Gasteiger partial charge in [0.05, 0.1) is 5.69 Å². The van der Waals surface area contributed by atoms with Crippen LogP contribution in [0.4, 0.5) is 0 Å². The highest BCUT2D eigenvalue weighted by Gasteiger charge is 2.05. The Kier molecular flexibility index (Phi) is 2.99. The van der Waals surface area contributed by atoms with Crippen LogP contribution in [0.1, 0.15) is 23.7 Å². The second-order valence-corrected chi connectivity index (χ2v) is 3.28. The van der Waals surface area contributed by atoms with Crippen LogP contribution >= 0.6 is 11.3 Å². The predicted octanol–water partition coefficient (Wildman–Crippen LogP) is 0.698. The maximum Gasteiger partial charge on any atom is 0.121 e. The van der Waals surface area contributed by atoms with Gasteiger partial charge in [0.15, 0.2) is 0 Å². The largest absolute Gasteiger partial charge is 0.386 e. The summed E-state index contributed by atoms with van der Waals surface area (Å²) in [4.78, 5) is 4.19. The molecule has 1 atom stereocenters. The van der Waals surface area contributed by atoms with E-state index < -0.39 is 6.10 Å². The molecule has 1 aromatic rings. The van der Waals surface area contributed by atoms with E-state index in [0.29, 0.717) is 6.54 Å². The molecule has 0 radical (unpaired) electrons. The van der Waals surface area contributed by atoms with Crippen molar-refractivity contribution in [3.8, 4) is 0 Å². The van der Waals surface area contributed by atoms with Crippen LogP contribution in [0.5, 0.6) is 0 Å². The normalized spacial score (nSPS) is 13.4. The summed E-state index contributed by atoms with van der Waals surface area (Å²) in [6, 6.07) is 0. The van der Waals surface area contributed by atoms with Crippen molar-refractivity contribution >= 4 is 11.3 Å². The van der Waals surface area contributed by atoms with Crippen molar-refractivity contribution in [2.45, 2.75) is 19.4 Å². The number of aromatic nitrogens is 1. The Morgan fingerprint density at radius 1 is 1.82 bits per heavy atom. The van der Waals surface area contributed by atoms with Gasteiger partial charge in [-0.1, -0.05) is 0 Å². The predicted molar refractivity (Wildman–Crippen MR) is 45.5 cm³/mol. The summed E-state index contributed by atoms with van der Waals surface area (Å²) in [6.07, 6.45) is 0.343. The summed E-state index contributed by atoms with van der Waals surface area (Å²) in [5.74, 6) is 0. The Morgan fingerprint density at radius 3 is 3.00 bits per heavy atom. The fourth-order valence-electron chi connectivity index (χ4n) is 0.777. The van der Waals surface area contributed by atoms with Crippen molar-refractivity contribution < 1.29 is 5.11 Å². The molecule has 0 bridgehead atoms. The molecule has 0 aliphatic rings. The first-order valence-electron chi connectivity index (χ1n) is 3.56. The van der Waals surface area contributed by atoms with Crippen LogP contribution in [0.25, 0.3) is 0 Å². The number of aliphatic hydroxyl groups is 1. The minimum Gasteiger partial charge on any atom is -0.386 e. The molecule has 62 valence electrons. The second-order valence-electron chi connectivity index (χ2n) is 2.39. The van der Waals surface area contributed by atoms with Gasteiger partial charge >= 0.3 is 0 Å². The Morgan fingerprint density at radius 2 is 2.55 bits per heavy atom. The van der Waals surface area contributed by atoms with Crippen molar-refractivity contribution in [1.29, 1.82) is 0 Å². The van der Waals surface area contributed by atoms with E-state index in [1.54, 1.807) is 6.92 Å². The van der Waals surface area contributed by atoms with Gasteiger partial charge in [-0.15, -0.1) is 11.3 Å². The van der Waals surface area contributed by atoms with Gasteiger partial charge in [-0.25, -0.2) is 4.98 Å². The minimum atomic E-state index is -0.452. The van der Waals surface area contributed by atoms with E-state index in [1.807, 2.05) is 5.38 Å². The molecule has 1 unspecified atom stereocenters. The van der Waals surface area contributed by atoms with E-state index in [0.717, 1.165) is 17.1 Å². The quantitative estimate of drug-likeness (QED) is 0.705. The zero-order valence-corrected chi connectivity index (χ0v) is 7.27. The minimum absolute atomic E-state index is 0.452. The van der Waals surface area contributed by atoms with Gasteiger partial charge in [-0.2, -0.15) is 0 Å². The van der Waals surface area contributed by atoms with Gasteiger partial charge in [-0.3, -0.25) is 0 Å². The van der Waals surface area contributed by atoms with Crippen LogP contribution in [-0.4, -0.2) is 16.6 Å². The maximum atomic E-state index is 9.12. The summed E-state index contributed by atoms with van der Waals surface area (Å²) < 4.78 is 0. The molecule has 0 aromatic carbocycles. The van der Waals surface area contributed by atoms with Gasteiger partial charge in [0, 0.05) is 11.8 Å². The lowest BCUT2D eigenvalue weighted by atomic mass is 10.3.